The lowest BCUT2D eigenvalue weighted by molar-refractivity contribution is -0.385. The molecule has 1 aromatic rings. The van der Waals surface area contributed by atoms with E-state index in [1.165, 1.54) is 19.2 Å². The van der Waals surface area contributed by atoms with Crippen molar-refractivity contribution in [1.82, 2.24) is 5.32 Å². The Morgan fingerprint density at radius 2 is 2.14 bits per heavy atom. The van der Waals surface area contributed by atoms with Crippen molar-refractivity contribution in [2.75, 3.05) is 7.05 Å². The van der Waals surface area contributed by atoms with E-state index < -0.39 is 4.92 Å². The summed E-state index contributed by atoms with van der Waals surface area (Å²) >= 11 is 1.93. The Hall–Kier alpha value is -1.18. The maximum atomic E-state index is 11.2. The molecule has 0 bridgehead atoms. The predicted octanol–water partition coefficient (Wildman–Crippen LogP) is 1.56. The molecule has 0 radical (unpaired) electrons. The molecule has 1 aromatic carbocycles. The highest BCUT2D eigenvalue weighted by Gasteiger charge is 2.12. The third-order valence-corrected chi connectivity index (χ3v) is 2.21. The number of hydrogen-bond donors (Lipinski definition) is 1. The van der Waals surface area contributed by atoms with Gasteiger partial charge in [0.05, 0.1) is 4.92 Å². The molecule has 0 heterocycles. The Balaban J connectivity index is 3.20. The van der Waals surface area contributed by atoms with E-state index in [2.05, 4.69) is 5.32 Å². The van der Waals surface area contributed by atoms with E-state index in [0.29, 0.717) is 9.13 Å². The molecule has 1 amide bonds. The number of nitro benzene ring substituents is 1. The fourth-order valence-corrected chi connectivity index (χ4v) is 1.61. The van der Waals surface area contributed by atoms with Gasteiger partial charge in [-0.2, -0.15) is 0 Å². The van der Waals surface area contributed by atoms with E-state index in [0.717, 1.165) is 0 Å². The third kappa shape index (κ3) is 2.41. The smallest absolute Gasteiger partial charge is 0.271 e. The number of hydrogen-bond acceptors (Lipinski definition) is 3. The number of halogens is 1. The highest BCUT2D eigenvalue weighted by atomic mass is 127. The minimum absolute atomic E-state index is 0.0736. The molecule has 0 fully saturated rings. The van der Waals surface area contributed by atoms with Crippen molar-refractivity contribution < 1.29 is 9.72 Å². The van der Waals surface area contributed by atoms with Crippen LogP contribution in [0.3, 0.4) is 0 Å². The molecule has 6 heteroatoms. The number of carbonyl (C=O) groups is 1. The zero-order valence-corrected chi connectivity index (χ0v) is 9.44. The third-order valence-electron chi connectivity index (χ3n) is 1.58. The van der Waals surface area contributed by atoms with Gasteiger partial charge in [0.15, 0.2) is 0 Å². The Labute approximate surface area is 93.8 Å². The van der Waals surface area contributed by atoms with Crippen molar-refractivity contribution >= 4 is 34.2 Å². The van der Waals surface area contributed by atoms with Gasteiger partial charge in [-0.25, -0.2) is 0 Å². The molecule has 1 N–H and O–H groups in total. The highest BCUT2D eigenvalue weighted by molar-refractivity contribution is 14.1. The number of rotatable bonds is 2. The highest BCUT2D eigenvalue weighted by Crippen LogP contribution is 2.18. The first-order valence-electron chi connectivity index (χ1n) is 3.71. The minimum Gasteiger partial charge on any atom is -0.355 e. The number of nitrogens with one attached hydrogen (secondary N) is 1. The molecule has 0 atom stereocenters. The Morgan fingerprint density at radius 1 is 1.50 bits per heavy atom. The summed E-state index contributed by atoms with van der Waals surface area (Å²) in [4.78, 5) is 21.2. The summed E-state index contributed by atoms with van der Waals surface area (Å²) in [5.74, 6) is -0.327. The molecule has 0 unspecified atom stereocenters. The monoisotopic (exact) mass is 306 g/mol. The van der Waals surface area contributed by atoms with Gasteiger partial charge in [0, 0.05) is 28.3 Å². The predicted molar refractivity (Wildman–Crippen MR) is 59.2 cm³/mol. The molecule has 0 saturated carbocycles. The number of carbonyl (C=O) groups excluding carboxylic acids is 1. The van der Waals surface area contributed by atoms with Gasteiger partial charge < -0.3 is 5.32 Å². The maximum absolute atomic E-state index is 11.2. The van der Waals surface area contributed by atoms with Crippen molar-refractivity contribution in [3.05, 3.63) is 37.4 Å². The minimum atomic E-state index is -0.519. The van der Waals surface area contributed by atoms with E-state index in [4.69, 9.17) is 0 Å². The van der Waals surface area contributed by atoms with Crippen LogP contribution in [-0.4, -0.2) is 17.9 Å². The molecule has 0 aromatic heterocycles. The molecule has 0 spiro atoms. The lowest BCUT2D eigenvalue weighted by Gasteiger charge is -2.00. The van der Waals surface area contributed by atoms with E-state index in [1.807, 2.05) is 22.6 Å². The van der Waals surface area contributed by atoms with Gasteiger partial charge in [0.2, 0.25) is 0 Å². The fraction of sp³-hybridized carbons (Fsp3) is 0.125. The van der Waals surface area contributed by atoms with Crippen molar-refractivity contribution in [3.63, 3.8) is 0 Å². The average Bonchev–Trinajstić information content (AvgIpc) is 2.15. The normalized spacial score (nSPS) is 9.57. The molecule has 5 nitrogen and oxygen atoms in total. The first-order valence-corrected chi connectivity index (χ1v) is 4.79. The van der Waals surface area contributed by atoms with Gasteiger partial charge in [-0.3, -0.25) is 14.9 Å². The molecule has 0 aliphatic rings. The summed E-state index contributed by atoms with van der Waals surface area (Å²) < 4.78 is 0.662. The lowest BCUT2D eigenvalue weighted by Crippen LogP contribution is -2.18. The van der Waals surface area contributed by atoms with Crippen LogP contribution >= 0.6 is 22.6 Å². The maximum Gasteiger partial charge on any atom is 0.271 e. The summed E-state index contributed by atoms with van der Waals surface area (Å²) in [6, 6.07) is 4.25. The van der Waals surface area contributed by atoms with Gasteiger partial charge in [-0.05, 0) is 28.7 Å². The van der Waals surface area contributed by atoms with Crippen LogP contribution in [0.2, 0.25) is 0 Å². The second-order valence-electron chi connectivity index (χ2n) is 2.53. The van der Waals surface area contributed by atoms with Gasteiger partial charge in [-0.1, -0.05) is 0 Å². The molecule has 0 saturated heterocycles. The number of nitro groups is 1. The van der Waals surface area contributed by atoms with Crippen molar-refractivity contribution in [2.45, 2.75) is 0 Å². The molecule has 0 aliphatic heterocycles. The van der Waals surface area contributed by atoms with Crippen LogP contribution < -0.4 is 5.32 Å². The summed E-state index contributed by atoms with van der Waals surface area (Å²) in [6.07, 6.45) is 0. The second-order valence-corrected chi connectivity index (χ2v) is 3.78. The van der Waals surface area contributed by atoms with Gasteiger partial charge in [0.1, 0.15) is 0 Å². The Kier molecular flexibility index (Phi) is 3.39. The summed E-state index contributed by atoms with van der Waals surface area (Å²) in [5, 5.41) is 12.9. The summed E-state index contributed by atoms with van der Waals surface area (Å²) in [5.41, 5.74) is 0.224. The molecular weight excluding hydrogens is 299 g/mol. The summed E-state index contributed by atoms with van der Waals surface area (Å²) in [7, 11) is 1.48. The lowest BCUT2D eigenvalue weighted by atomic mass is 10.2. The zero-order valence-electron chi connectivity index (χ0n) is 7.28. The van der Waals surface area contributed by atoms with E-state index >= 15 is 0 Å². The van der Waals surface area contributed by atoms with Crippen LogP contribution in [0.25, 0.3) is 0 Å². The van der Waals surface area contributed by atoms with Crippen LogP contribution in [0.1, 0.15) is 10.4 Å². The Morgan fingerprint density at radius 3 is 2.64 bits per heavy atom. The van der Waals surface area contributed by atoms with Gasteiger partial charge >= 0.3 is 0 Å². The van der Waals surface area contributed by atoms with Crippen LogP contribution in [0.15, 0.2) is 18.2 Å². The number of non-ortho nitro benzene ring substituents is 1. The molecule has 74 valence electrons. The van der Waals surface area contributed by atoms with Crippen LogP contribution in [0, 0.1) is 13.7 Å². The first-order chi connectivity index (χ1) is 6.54. The molecule has 0 aliphatic carbocycles. The SMILES string of the molecule is CNC(=O)c1cc(I)cc([N+](=O)[O-])c1. The summed E-state index contributed by atoms with van der Waals surface area (Å²) in [6.45, 7) is 0. The van der Waals surface area contributed by atoms with Crippen LogP contribution in [0.5, 0.6) is 0 Å². The van der Waals surface area contributed by atoms with Gasteiger partial charge in [0.25, 0.3) is 11.6 Å². The standard InChI is InChI=1S/C8H7IN2O3/c1-10-8(12)5-2-6(9)4-7(3-5)11(13)14/h2-4H,1H3,(H,10,12). The Bertz CT molecular complexity index is 392. The number of benzene rings is 1. The number of amides is 1. The first kappa shape index (κ1) is 10.9. The zero-order chi connectivity index (χ0) is 10.7. The fourth-order valence-electron chi connectivity index (χ4n) is 0.955. The second kappa shape index (κ2) is 4.36. The molecule has 14 heavy (non-hydrogen) atoms. The van der Waals surface area contributed by atoms with Gasteiger partial charge in [-0.15, -0.1) is 0 Å². The van der Waals surface area contributed by atoms with E-state index in [9.17, 15) is 14.9 Å². The van der Waals surface area contributed by atoms with Crippen molar-refractivity contribution in [2.24, 2.45) is 0 Å². The van der Waals surface area contributed by atoms with Crippen molar-refractivity contribution in [1.29, 1.82) is 0 Å². The largest absolute Gasteiger partial charge is 0.355 e. The average molecular weight is 306 g/mol. The van der Waals surface area contributed by atoms with Crippen LogP contribution in [-0.2, 0) is 0 Å². The van der Waals surface area contributed by atoms with Crippen LogP contribution in [0.4, 0.5) is 5.69 Å². The molecular formula is C8H7IN2O3. The topological polar surface area (TPSA) is 72.2 Å². The van der Waals surface area contributed by atoms with E-state index in [-0.39, 0.29) is 11.6 Å². The van der Waals surface area contributed by atoms with E-state index in [1.54, 1.807) is 6.07 Å². The quantitative estimate of drug-likeness (QED) is 0.512. The molecule has 1 rings (SSSR count). The van der Waals surface area contributed by atoms with Crippen molar-refractivity contribution in [3.8, 4) is 0 Å². The number of nitrogens with zero attached hydrogens (tertiary/aromatic N) is 1.